The Bertz CT molecular complexity index is 531. The molecule has 0 aliphatic rings. The summed E-state index contributed by atoms with van der Waals surface area (Å²) in [5.74, 6) is 1.59. The first kappa shape index (κ1) is 15.4. The fourth-order valence-corrected chi connectivity index (χ4v) is 1.95. The van der Waals surface area contributed by atoms with Crippen LogP contribution < -0.4 is 15.2 Å². The average molecular weight is 287 g/mol. The maximum Gasteiger partial charge on any atom is 0.124 e. The zero-order valence-electron chi connectivity index (χ0n) is 12.2. The van der Waals surface area contributed by atoms with E-state index in [2.05, 4.69) is 0 Å². The lowest BCUT2D eigenvalue weighted by Gasteiger charge is -2.17. The minimum Gasteiger partial charge on any atom is -0.492 e. The van der Waals surface area contributed by atoms with Gasteiger partial charge in [0.25, 0.3) is 0 Å². The van der Waals surface area contributed by atoms with Gasteiger partial charge in [-0.3, -0.25) is 0 Å². The normalized spacial score (nSPS) is 11.9. The molecule has 2 N–H and O–H groups in total. The van der Waals surface area contributed by atoms with E-state index < -0.39 is 0 Å². The van der Waals surface area contributed by atoms with Crippen molar-refractivity contribution in [1.29, 1.82) is 0 Å². The van der Waals surface area contributed by atoms with Crippen LogP contribution in [-0.2, 0) is 4.74 Å². The Morgan fingerprint density at radius 2 is 1.62 bits per heavy atom. The van der Waals surface area contributed by atoms with Gasteiger partial charge in [-0.1, -0.05) is 36.4 Å². The maximum absolute atomic E-state index is 6.21. The first-order valence-corrected chi connectivity index (χ1v) is 6.95. The molecule has 0 radical (unpaired) electrons. The molecule has 0 bridgehead atoms. The molecule has 2 rings (SSSR count). The molecule has 2 aromatic carbocycles. The monoisotopic (exact) mass is 287 g/mol. The van der Waals surface area contributed by atoms with Crippen molar-refractivity contribution in [2.45, 2.75) is 6.04 Å². The molecule has 0 fully saturated rings. The highest BCUT2D eigenvalue weighted by molar-refractivity contribution is 5.36. The van der Waals surface area contributed by atoms with Crippen LogP contribution >= 0.6 is 0 Å². The Morgan fingerprint density at radius 3 is 2.38 bits per heavy atom. The van der Waals surface area contributed by atoms with Crippen molar-refractivity contribution < 1.29 is 14.2 Å². The van der Waals surface area contributed by atoms with Crippen molar-refractivity contribution in [2.24, 2.45) is 5.73 Å². The Balaban J connectivity index is 1.96. The summed E-state index contributed by atoms with van der Waals surface area (Å²) < 4.78 is 16.4. The predicted molar refractivity (Wildman–Crippen MR) is 82.7 cm³/mol. The number of para-hydroxylation sites is 2. The van der Waals surface area contributed by atoms with Crippen molar-refractivity contribution in [3.8, 4) is 11.5 Å². The quantitative estimate of drug-likeness (QED) is 0.759. The van der Waals surface area contributed by atoms with E-state index in [0.717, 1.165) is 17.1 Å². The number of benzene rings is 2. The molecule has 0 heterocycles. The number of nitrogens with two attached hydrogens (primary N) is 1. The Labute approximate surface area is 125 Å². The molecule has 4 nitrogen and oxygen atoms in total. The third-order valence-electron chi connectivity index (χ3n) is 3.04. The second kappa shape index (κ2) is 8.29. The van der Waals surface area contributed by atoms with Crippen molar-refractivity contribution >= 4 is 0 Å². The molecule has 112 valence electrons. The fraction of sp³-hybridized carbons (Fsp3) is 0.294. The molecule has 0 saturated heterocycles. The highest BCUT2D eigenvalue weighted by atomic mass is 16.5. The summed E-state index contributed by atoms with van der Waals surface area (Å²) in [6.07, 6.45) is 0. The summed E-state index contributed by atoms with van der Waals surface area (Å²) in [6, 6.07) is 17.1. The van der Waals surface area contributed by atoms with Gasteiger partial charge >= 0.3 is 0 Å². The van der Waals surface area contributed by atoms with E-state index in [1.54, 1.807) is 7.11 Å². The lowest BCUT2D eigenvalue weighted by Crippen LogP contribution is -2.20. The van der Waals surface area contributed by atoms with Gasteiger partial charge in [0.1, 0.15) is 24.7 Å². The zero-order valence-corrected chi connectivity index (χ0v) is 12.2. The number of ether oxygens (including phenoxy) is 3. The number of hydrogen-bond donors (Lipinski definition) is 1. The van der Waals surface area contributed by atoms with E-state index in [1.807, 2.05) is 54.6 Å². The van der Waals surface area contributed by atoms with Crippen LogP contribution in [0.15, 0.2) is 54.6 Å². The third kappa shape index (κ3) is 4.77. The summed E-state index contributed by atoms with van der Waals surface area (Å²) in [5, 5.41) is 0. The van der Waals surface area contributed by atoms with Crippen LogP contribution in [0.1, 0.15) is 11.6 Å². The lowest BCUT2D eigenvalue weighted by atomic mass is 10.1. The average Bonchev–Trinajstić information content (AvgIpc) is 2.54. The van der Waals surface area contributed by atoms with Gasteiger partial charge in [0, 0.05) is 12.7 Å². The summed E-state index contributed by atoms with van der Waals surface area (Å²) >= 11 is 0. The van der Waals surface area contributed by atoms with Gasteiger partial charge in [-0.25, -0.2) is 0 Å². The van der Waals surface area contributed by atoms with E-state index in [1.165, 1.54) is 0 Å². The molecule has 0 aromatic heterocycles. The van der Waals surface area contributed by atoms with Gasteiger partial charge in [-0.05, 0) is 18.2 Å². The van der Waals surface area contributed by atoms with Crippen LogP contribution in [0, 0.1) is 0 Å². The summed E-state index contributed by atoms with van der Waals surface area (Å²) in [7, 11) is 1.65. The van der Waals surface area contributed by atoms with E-state index in [9.17, 15) is 0 Å². The second-order valence-electron chi connectivity index (χ2n) is 4.61. The van der Waals surface area contributed by atoms with Gasteiger partial charge in [-0.15, -0.1) is 0 Å². The maximum atomic E-state index is 6.21. The van der Waals surface area contributed by atoms with Gasteiger partial charge < -0.3 is 19.9 Å². The molecule has 1 unspecified atom stereocenters. The molecular formula is C17H21NO3. The molecule has 1 atom stereocenters. The highest BCUT2D eigenvalue weighted by Gasteiger charge is 2.12. The van der Waals surface area contributed by atoms with E-state index in [0.29, 0.717) is 19.8 Å². The van der Waals surface area contributed by atoms with Gasteiger partial charge in [0.2, 0.25) is 0 Å². The highest BCUT2D eigenvalue weighted by Crippen LogP contribution is 2.24. The Kier molecular flexibility index (Phi) is 6.06. The van der Waals surface area contributed by atoms with Crippen LogP contribution in [0.25, 0.3) is 0 Å². The molecule has 0 aliphatic carbocycles. The van der Waals surface area contributed by atoms with Crippen molar-refractivity contribution in [1.82, 2.24) is 0 Å². The molecule has 0 amide bonds. The van der Waals surface area contributed by atoms with Crippen molar-refractivity contribution in [3.63, 3.8) is 0 Å². The topological polar surface area (TPSA) is 53.7 Å². The lowest BCUT2D eigenvalue weighted by molar-refractivity contribution is 0.145. The predicted octanol–water partition coefficient (Wildman–Crippen LogP) is 2.79. The summed E-state index contributed by atoms with van der Waals surface area (Å²) in [6.45, 7) is 1.44. The summed E-state index contributed by atoms with van der Waals surface area (Å²) in [5.41, 5.74) is 7.15. The Hall–Kier alpha value is -2.04. The van der Waals surface area contributed by atoms with Crippen LogP contribution in [0.4, 0.5) is 0 Å². The Morgan fingerprint density at radius 1 is 0.905 bits per heavy atom. The van der Waals surface area contributed by atoms with Crippen LogP contribution in [-0.4, -0.2) is 26.9 Å². The summed E-state index contributed by atoms with van der Waals surface area (Å²) in [4.78, 5) is 0. The molecule has 0 saturated carbocycles. The zero-order chi connectivity index (χ0) is 14.9. The standard InChI is InChI=1S/C17H21NO3/c1-19-11-12-20-17-10-6-5-9-15(17)16(18)13-21-14-7-3-2-4-8-14/h2-10,16H,11-13,18H2,1H3. The minimum atomic E-state index is -0.246. The smallest absolute Gasteiger partial charge is 0.124 e. The van der Waals surface area contributed by atoms with Crippen molar-refractivity contribution in [2.75, 3.05) is 26.9 Å². The molecule has 2 aromatic rings. The first-order valence-electron chi connectivity index (χ1n) is 6.95. The number of methoxy groups -OCH3 is 1. The fourth-order valence-electron chi connectivity index (χ4n) is 1.95. The molecule has 0 spiro atoms. The largest absolute Gasteiger partial charge is 0.492 e. The second-order valence-corrected chi connectivity index (χ2v) is 4.61. The van der Waals surface area contributed by atoms with Crippen molar-refractivity contribution in [3.05, 3.63) is 60.2 Å². The molecular weight excluding hydrogens is 266 g/mol. The molecule has 21 heavy (non-hydrogen) atoms. The third-order valence-corrected chi connectivity index (χ3v) is 3.04. The first-order chi connectivity index (χ1) is 10.3. The van der Waals surface area contributed by atoms with Gasteiger partial charge in [-0.2, -0.15) is 0 Å². The van der Waals surface area contributed by atoms with E-state index in [-0.39, 0.29) is 6.04 Å². The van der Waals surface area contributed by atoms with Crippen LogP contribution in [0.5, 0.6) is 11.5 Å². The minimum absolute atomic E-state index is 0.246. The molecule has 0 aliphatic heterocycles. The SMILES string of the molecule is COCCOc1ccccc1C(N)COc1ccccc1. The van der Waals surface area contributed by atoms with Gasteiger partial charge in [0.05, 0.1) is 12.6 Å². The van der Waals surface area contributed by atoms with Crippen LogP contribution in [0.3, 0.4) is 0 Å². The number of rotatable bonds is 8. The van der Waals surface area contributed by atoms with E-state index >= 15 is 0 Å². The van der Waals surface area contributed by atoms with Crippen LogP contribution in [0.2, 0.25) is 0 Å². The number of hydrogen-bond acceptors (Lipinski definition) is 4. The van der Waals surface area contributed by atoms with Gasteiger partial charge in [0.15, 0.2) is 0 Å². The molecule has 4 heteroatoms. The van der Waals surface area contributed by atoms with E-state index in [4.69, 9.17) is 19.9 Å².